The number of carbonyl (C=O) groups is 2. The van der Waals surface area contributed by atoms with Gasteiger partial charge in [-0.25, -0.2) is 0 Å². The molecule has 1 aliphatic heterocycles. The van der Waals surface area contributed by atoms with Crippen LogP contribution in [0.5, 0.6) is 0 Å². The van der Waals surface area contributed by atoms with E-state index in [9.17, 15) is 9.59 Å². The van der Waals surface area contributed by atoms with Crippen LogP contribution in [0.3, 0.4) is 0 Å². The van der Waals surface area contributed by atoms with Crippen LogP contribution in [0, 0.1) is 12.8 Å². The summed E-state index contributed by atoms with van der Waals surface area (Å²) in [7, 11) is 0. The normalized spacial score (nSPS) is 16.8. The second-order valence-corrected chi connectivity index (χ2v) is 7.17. The molecule has 0 radical (unpaired) electrons. The van der Waals surface area contributed by atoms with Gasteiger partial charge >= 0.3 is 0 Å². The van der Waals surface area contributed by atoms with Gasteiger partial charge in [0.15, 0.2) is 0 Å². The average molecular weight is 345 g/mol. The highest BCUT2D eigenvalue weighted by molar-refractivity contribution is 7.15. The third-order valence-corrected chi connectivity index (χ3v) is 4.53. The van der Waals surface area contributed by atoms with E-state index in [1.165, 1.54) is 11.3 Å². The minimum Gasteiger partial charge on any atom is -0.364 e. The van der Waals surface area contributed by atoms with E-state index in [1.807, 2.05) is 39.0 Å². The lowest BCUT2D eigenvalue weighted by atomic mass is 10.0. The Labute approximate surface area is 144 Å². The maximum absolute atomic E-state index is 12.8. The topological polar surface area (TPSA) is 87.2 Å². The fraction of sp³-hybridized carbons (Fsp3) is 0.375. The summed E-state index contributed by atoms with van der Waals surface area (Å²) in [5.41, 5.74) is 1.38. The van der Waals surface area contributed by atoms with Gasteiger partial charge in [0.2, 0.25) is 11.0 Å². The Morgan fingerprint density at radius 3 is 2.79 bits per heavy atom. The number of fused-ring (bicyclic) bond motifs is 1. The molecule has 1 aliphatic rings. The minimum atomic E-state index is -0.286. The molecule has 2 aromatic rings. The second-order valence-electron chi connectivity index (χ2n) is 5.99. The zero-order valence-corrected chi connectivity index (χ0v) is 14.6. The number of hydrogen-bond acceptors (Lipinski definition) is 6. The van der Waals surface area contributed by atoms with Gasteiger partial charge in [-0.05, 0) is 25.0 Å². The summed E-state index contributed by atoms with van der Waals surface area (Å²) in [6.07, 6.45) is -0.241. The van der Waals surface area contributed by atoms with Crippen LogP contribution in [0.2, 0.25) is 0 Å². The molecule has 2 N–H and O–H groups in total. The zero-order chi connectivity index (χ0) is 17.3. The van der Waals surface area contributed by atoms with E-state index < -0.39 is 0 Å². The van der Waals surface area contributed by atoms with E-state index in [-0.39, 0.29) is 30.4 Å². The van der Waals surface area contributed by atoms with Crippen LogP contribution in [0.4, 0.5) is 10.8 Å². The molecule has 0 spiro atoms. The van der Waals surface area contributed by atoms with Crippen molar-refractivity contribution in [2.45, 2.75) is 26.9 Å². The van der Waals surface area contributed by atoms with Crippen molar-refractivity contribution in [1.82, 2.24) is 15.1 Å². The van der Waals surface area contributed by atoms with Crippen LogP contribution in [-0.4, -0.2) is 39.6 Å². The number of anilines is 2. The summed E-state index contributed by atoms with van der Waals surface area (Å²) in [5.74, 6) is -0.281. The molecule has 1 aromatic carbocycles. The molecule has 0 saturated heterocycles. The quantitative estimate of drug-likeness (QED) is 0.888. The first-order valence-electron chi connectivity index (χ1n) is 7.72. The molecule has 0 aliphatic carbocycles. The molecule has 7 nitrogen and oxygen atoms in total. The molecule has 0 saturated carbocycles. The Balaban J connectivity index is 1.79. The summed E-state index contributed by atoms with van der Waals surface area (Å²) < 4.78 is 0. The zero-order valence-electron chi connectivity index (χ0n) is 13.7. The monoisotopic (exact) mass is 345 g/mol. The lowest BCUT2D eigenvalue weighted by molar-refractivity contribution is -0.117. The van der Waals surface area contributed by atoms with Gasteiger partial charge in [0.05, 0.1) is 5.56 Å². The molecule has 2 heterocycles. The third kappa shape index (κ3) is 3.23. The summed E-state index contributed by atoms with van der Waals surface area (Å²) >= 11 is 1.30. The summed E-state index contributed by atoms with van der Waals surface area (Å²) in [4.78, 5) is 26.7. The summed E-state index contributed by atoms with van der Waals surface area (Å²) in [5, 5.41) is 15.0. The van der Waals surface area contributed by atoms with Gasteiger partial charge in [-0.15, -0.1) is 10.2 Å². The Hall–Kier alpha value is -2.48. The number of carbonyl (C=O) groups excluding carboxylic acids is 2. The number of para-hydroxylation sites is 1. The molecular formula is C16H19N5O2S. The van der Waals surface area contributed by atoms with E-state index in [0.717, 1.165) is 10.7 Å². The van der Waals surface area contributed by atoms with Gasteiger partial charge in [0, 0.05) is 5.69 Å². The Bertz CT molecular complexity index is 773. The van der Waals surface area contributed by atoms with Crippen molar-refractivity contribution in [3.63, 3.8) is 0 Å². The highest BCUT2D eigenvalue weighted by Crippen LogP contribution is 2.28. The molecule has 0 bridgehead atoms. The molecule has 24 heavy (non-hydrogen) atoms. The van der Waals surface area contributed by atoms with Crippen molar-refractivity contribution in [1.29, 1.82) is 0 Å². The van der Waals surface area contributed by atoms with E-state index in [1.54, 1.807) is 11.0 Å². The smallest absolute Gasteiger partial charge is 0.258 e. The first-order valence-corrected chi connectivity index (χ1v) is 8.54. The minimum absolute atomic E-state index is 0.0400. The lowest BCUT2D eigenvalue weighted by Gasteiger charge is -2.39. The van der Waals surface area contributed by atoms with Crippen LogP contribution < -0.4 is 10.6 Å². The Kier molecular flexibility index (Phi) is 4.48. The van der Waals surface area contributed by atoms with Crippen LogP contribution in [0.1, 0.15) is 29.2 Å². The van der Waals surface area contributed by atoms with Gasteiger partial charge in [-0.3, -0.25) is 14.9 Å². The molecule has 1 atom stereocenters. The fourth-order valence-electron chi connectivity index (χ4n) is 2.67. The first-order chi connectivity index (χ1) is 11.5. The molecule has 126 valence electrons. The van der Waals surface area contributed by atoms with E-state index in [0.29, 0.717) is 10.7 Å². The molecule has 1 aromatic heterocycles. The highest BCUT2D eigenvalue weighted by Gasteiger charge is 2.34. The largest absolute Gasteiger partial charge is 0.364 e. The number of rotatable bonds is 4. The van der Waals surface area contributed by atoms with Crippen LogP contribution in [-0.2, 0) is 4.79 Å². The number of nitrogens with zero attached hydrogens (tertiary/aromatic N) is 3. The van der Waals surface area contributed by atoms with Gasteiger partial charge < -0.3 is 10.2 Å². The van der Waals surface area contributed by atoms with E-state index >= 15 is 0 Å². The number of aromatic nitrogens is 2. The van der Waals surface area contributed by atoms with Gasteiger partial charge in [0.1, 0.15) is 17.7 Å². The van der Waals surface area contributed by atoms with Crippen molar-refractivity contribution in [3.05, 3.63) is 34.8 Å². The van der Waals surface area contributed by atoms with Crippen molar-refractivity contribution in [3.8, 4) is 0 Å². The number of nitrogens with one attached hydrogen (secondary N) is 2. The Morgan fingerprint density at radius 1 is 1.38 bits per heavy atom. The maximum Gasteiger partial charge on any atom is 0.258 e. The first kappa shape index (κ1) is 16.4. The molecule has 0 unspecified atom stereocenters. The molecule has 3 rings (SSSR count). The van der Waals surface area contributed by atoms with E-state index in [2.05, 4.69) is 20.8 Å². The summed E-state index contributed by atoms with van der Waals surface area (Å²) in [6, 6.07) is 7.34. The predicted octanol–water partition coefficient (Wildman–Crippen LogP) is 2.34. The number of aryl methyl sites for hydroxylation is 1. The van der Waals surface area contributed by atoms with Gasteiger partial charge in [-0.1, -0.05) is 37.3 Å². The van der Waals surface area contributed by atoms with Crippen LogP contribution in [0.15, 0.2) is 24.3 Å². The average Bonchev–Trinajstić information content (AvgIpc) is 2.94. The van der Waals surface area contributed by atoms with Crippen molar-refractivity contribution >= 4 is 34.0 Å². The van der Waals surface area contributed by atoms with E-state index in [4.69, 9.17) is 0 Å². The maximum atomic E-state index is 12.8. The van der Waals surface area contributed by atoms with Crippen molar-refractivity contribution in [2.24, 2.45) is 5.92 Å². The van der Waals surface area contributed by atoms with Gasteiger partial charge in [0.25, 0.3) is 5.91 Å². The molecular weight excluding hydrogens is 326 g/mol. The van der Waals surface area contributed by atoms with Gasteiger partial charge in [-0.2, -0.15) is 0 Å². The van der Waals surface area contributed by atoms with Crippen LogP contribution >= 0.6 is 11.3 Å². The molecule has 8 heteroatoms. The summed E-state index contributed by atoms with van der Waals surface area (Å²) in [6.45, 7) is 5.80. The second kappa shape index (κ2) is 6.56. The van der Waals surface area contributed by atoms with Crippen molar-refractivity contribution < 1.29 is 9.59 Å². The molecule has 2 amide bonds. The SMILES string of the molecule is Cc1nnc(NC(=O)CN2C(=O)c3ccccc3N[C@H]2C(C)C)s1. The number of amides is 2. The van der Waals surface area contributed by atoms with Crippen LogP contribution in [0.25, 0.3) is 0 Å². The standard InChI is InChI=1S/C16H19N5O2S/c1-9(2)14-17-12-7-5-4-6-11(12)15(23)21(14)8-13(22)18-16-20-19-10(3)24-16/h4-7,9,14,17H,8H2,1-3H3,(H,18,20,22)/t14-/m1/s1. The Morgan fingerprint density at radius 2 is 2.12 bits per heavy atom. The number of benzene rings is 1. The number of hydrogen-bond donors (Lipinski definition) is 2. The third-order valence-electron chi connectivity index (χ3n) is 3.78. The van der Waals surface area contributed by atoms with Crippen molar-refractivity contribution in [2.75, 3.05) is 17.2 Å². The predicted molar refractivity (Wildman–Crippen MR) is 93.0 cm³/mol. The molecule has 0 fully saturated rings. The fourth-order valence-corrected chi connectivity index (χ4v) is 3.28. The lowest BCUT2D eigenvalue weighted by Crippen LogP contribution is -2.53. The highest BCUT2D eigenvalue weighted by atomic mass is 32.1.